The van der Waals surface area contributed by atoms with E-state index >= 15 is 4.39 Å². The highest BCUT2D eigenvalue weighted by Crippen LogP contribution is 2.26. The summed E-state index contributed by atoms with van der Waals surface area (Å²) in [6.45, 7) is 7.82. The van der Waals surface area contributed by atoms with E-state index in [2.05, 4.69) is 25.3 Å². The number of aryl methyl sites for hydroxylation is 1. The minimum absolute atomic E-state index is 0.0331. The molecule has 1 atom stereocenters. The van der Waals surface area contributed by atoms with E-state index in [1.54, 1.807) is 35.9 Å². The largest absolute Gasteiger partial charge is 0.492 e. The van der Waals surface area contributed by atoms with Gasteiger partial charge in [-0.3, -0.25) is 18.8 Å². The van der Waals surface area contributed by atoms with E-state index in [1.165, 1.54) is 21.4 Å². The minimum atomic E-state index is -0.580. The number of imidazole rings is 1. The van der Waals surface area contributed by atoms with Gasteiger partial charge in [-0.2, -0.15) is 9.50 Å². The highest BCUT2D eigenvalue weighted by Gasteiger charge is 2.24. The van der Waals surface area contributed by atoms with Crippen LogP contribution in [0.3, 0.4) is 0 Å². The quantitative estimate of drug-likeness (QED) is 0.177. The highest BCUT2D eigenvalue weighted by molar-refractivity contribution is 5.88. The Labute approximate surface area is 263 Å². The Kier molecular flexibility index (Phi) is 8.64. The summed E-state index contributed by atoms with van der Waals surface area (Å²) in [6, 6.07) is 7.70. The fourth-order valence-electron chi connectivity index (χ4n) is 5.55. The molecular weight excluding hydrogens is 597 g/mol. The average Bonchev–Trinajstić information content (AvgIpc) is 3.78. The molecule has 5 aromatic rings. The Balaban J connectivity index is 1.05. The lowest BCUT2D eigenvalue weighted by Crippen LogP contribution is -2.47. The van der Waals surface area contributed by atoms with Gasteiger partial charge in [-0.05, 0) is 30.2 Å². The SMILES string of the molecule is CC(C)C(N)C(=O)NCCOc1ccc(N2CCN(CCn3c(=O)n(C)c4c3nc(N)n3nc(-c5ccco5)nc43)CC2)c(F)c1. The van der Waals surface area contributed by atoms with Crippen molar-refractivity contribution in [2.75, 3.05) is 56.5 Å². The van der Waals surface area contributed by atoms with Crippen molar-refractivity contribution in [3.8, 4) is 17.3 Å². The van der Waals surface area contributed by atoms with Crippen LogP contribution in [-0.2, 0) is 18.4 Å². The number of nitrogens with zero attached hydrogens (tertiary/aromatic N) is 8. The number of benzene rings is 1. The summed E-state index contributed by atoms with van der Waals surface area (Å²) in [6.07, 6.45) is 1.53. The maximum Gasteiger partial charge on any atom is 0.330 e. The lowest BCUT2D eigenvalue weighted by Gasteiger charge is -2.36. The Morgan fingerprint density at radius 1 is 1.13 bits per heavy atom. The van der Waals surface area contributed by atoms with Gasteiger partial charge in [0.25, 0.3) is 0 Å². The molecule has 1 unspecified atom stereocenters. The molecule has 0 spiro atoms. The van der Waals surface area contributed by atoms with Gasteiger partial charge in [-0.1, -0.05) is 13.8 Å². The third-order valence-electron chi connectivity index (χ3n) is 8.28. The van der Waals surface area contributed by atoms with E-state index < -0.39 is 6.04 Å². The van der Waals surface area contributed by atoms with Gasteiger partial charge in [0.15, 0.2) is 17.1 Å². The summed E-state index contributed by atoms with van der Waals surface area (Å²) in [5.41, 5.74) is 13.7. The van der Waals surface area contributed by atoms with Crippen LogP contribution in [0.5, 0.6) is 5.75 Å². The minimum Gasteiger partial charge on any atom is -0.492 e. The second kappa shape index (κ2) is 12.8. The summed E-state index contributed by atoms with van der Waals surface area (Å²) >= 11 is 0. The maximum absolute atomic E-state index is 15.1. The van der Waals surface area contributed by atoms with Crippen LogP contribution in [0.4, 0.5) is 16.0 Å². The number of nitrogens with two attached hydrogens (primary N) is 2. The number of anilines is 2. The summed E-state index contributed by atoms with van der Waals surface area (Å²) in [7, 11) is 1.67. The number of carbonyl (C=O) groups excluding carboxylic acids is 1. The molecule has 0 aliphatic carbocycles. The van der Waals surface area contributed by atoms with Crippen LogP contribution in [0, 0.1) is 11.7 Å². The molecule has 1 saturated heterocycles. The van der Waals surface area contributed by atoms with Crippen LogP contribution in [0.2, 0.25) is 0 Å². The molecule has 5 N–H and O–H groups in total. The second-order valence-corrected chi connectivity index (χ2v) is 11.6. The van der Waals surface area contributed by atoms with Gasteiger partial charge in [0.1, 0.15) is 23.7 Å². The van der Waals surface area contributed by atoms with Gasteiger partial charge < -0.3 is 30.8 Å². The Bertz CT molecular complexity index is 1910. The van der Waals surface area contributed by atoms with E-state index in [-0.39, 0.29) is 42.4 Å². The lowest BCUT2D eigenvalue weighted by atomic mass is 10.1. The molecule has 0 saturated carbocycles. The third kappa shape index (κ3) is 6.00. The number of fused-ring (bicyclic) bond motifs is 3. The summed E-state index contributed by atoms with van der Waals surface area (Å²) in [5.74, 6) is 0.738. The number of piperazine rings is 1. The van der Waals surface area contributed by atoms with E-state index in [0.717, 1.165) is 0 Å². The zero-order valence-electron chi connectivity index (χ0n) is 26.0. The van der Waals surface area contributed by atoms with Gasteiger partial charge in [-0.15, -0.1) is 5.10 Å². The molecule has 6 rings (SSSR count). The smallest absolute Gasteiger partial charge is 0.330 e. The molecule has 1 aliphatic heterocycles. The molecule has 0 radical (unpaired) electrons. The lowest BCUT2D eigenvalue weighted by molar-refractivity contribution is -0.123. The molecule has 4 aromatic heterocycles. The summed E-state index contributed by atoms with van der Waals surface area (Å²) in [5, 5.41) is 7.15. The number of ether oxygens (including phenoxy) is 1. The number of halogens is 1. The number of amides is 1. The van der Waals surface area contributed by atoms with Crippen molar-refractivity contribution in [3.05, 3.63) is 52.9 Å². The van der Waals surface area contributed by atoms with Crippen molar-refractivity contribution in [2.24, 2.45) is 18.7 Å². The van der Waals surface area contributed by atoms with Crippen molar-refractivity contribution in [3.63, 3.8) is 0 Å². The molecule has 0 bridgehead atoms. The van der Waals surface area contributed by atoms with Gasteiger partial charge in [0, 0.05) is 52.4 Å². The first-order valence-corrected chi connectivity index (χ1v) is 15.2. The van der Waals surface area contributed by atoms with Crippen LogP contribution in [0.25, 0.3) is 28.4 Å². The van der Waals surface area contributed by atoms with Crippen molar-refractivity contribution >= 4 is 34.4 Å². The van der Waals surface area contributed by atoms with Crippen LogP contribution in [0.15, 0.2) is 45.8 Å². The van der Waals surface area contributed by atoms with Gasteiger partial charge in [0.05, 0.1) is 24.5 Å². The normalized spacial score (nSPS) is 14.9. The fraction of sp³-hybridized carbons (Fsp3) is 0.433. The number of nitrogens with one attached hydrogen (secondary N) is 1. The standard InChI is InChI=1S/C30H38FN11O4/c1-18(2)23(32)28(43)34-8-16-45-19-6-7-21(20(31)17-19)40-12-9-39(10-13-40)11-14-41-26-24(38(3)30(41)44)27-35-25(22-5-4-15-46-22)37-42(27)29(33)36-26/h4-7,15,17-18,23H,8-14,16,32H2,1-3H3,(H2,33,36)(H,34,43). The van der Waals surface area contributed by atoms with Crippen molar-refractivity contribution in [1.82, 2.24) is 38.9 Å². The zero-order valence-corrected chi connectivity index (χ0v) is 26.0. The molecular formula is C30H38FN11O4. The monoisotopic (exact) mass is 635 g/mol. The molecule has 16 heteroatoms. The van der Waals surface area contributed by atoms with Crippen molar-refractivity contribution in [1.29, 1.82) is 0 Å². The van der Waals surface area contributed by atoms with E-state index in [0.29, 0.717) is 79.1 Å². The number of hydrogen-bond acceptors (Lipinski definition) is 11. The fourth-order valence-corrected chi connectivity index (χ4v) is 5.55. The average molecular weight is 636 g/mol. The molecule has 15 nitrogen and oxygen atoms in total. The number of furan rings is 1. The predicted molar refractivity (Wildman–Crippen MR) is 170 cm³/mol. The molecule has 1 aromatic carbocycles. The van der Waals surface area contributed by atoms with Crippen LogP contribution < -0.4 is 32.1 Å². The highest BCUT2D eigenvalue weighted by atomic mass is 19.1. The van der Waals surface area contributed by atoms with Gasteiger partial charge in [-0.25, -0.2) is 14.2 Å². The third-order valence-corrected chi connectivity index (χ3v) is 8.28. The Morgan fingerprint density at radius 2 is 1.91 bits per heavy atom. The van der Waals surface area contributed by atoms with Crippen LogP contribution in [-0.4, -0.2) is 91.4 Å². The van der Waals surface area contributed by atoms with E-state index in [4.69, 9.17) is 20.6 Å². The molecule has 1 amide bonds. The molecule has 1 fully saturated rings. The second-order valence-electron chi connectivity index (χ2n) is 11.6. The predicted octanol–water partition coefficient (Wildman–Crippen LogP) is 1.06. The molecule has 1 aliphatic rings. The topological polar surface area (TPSA) is 180 Å². The number of hydrogen-bond donors (Lipinski definition) is 3. The molecule has 46 heavy (non-hydrogen) atoms. The van der Waals surface area contributed by atoms with Gasteiger partial charge >= 0.3 is 5.69 Å². The first kappa shape index (κ1) is 31.0. The first-order chi connectivity index (χ1) is 22.1. The zero-order chi connectivity index (χ0) is 32.5. The van der Waals surface area contributed by atoms with Crippen molar-refractivity contribution in [2.45, 2.75) is 26.4 Å². The van der Waals surface area contributed by atoms with Crippen LogP contribution >= 0.6 is 0 Å². The Hall–Kier alpha value is -4.96. The first-order valence-electron chi connectivity index (χ1n) is 15.2. The van der Waals surface area contributed by atoms with E-state index in [9.17, 15) is 9.59 Å². The van der Waals surface area contributed by atoms with Crippen molar-refractivity contribution < 1.29 is 18.3 Å². The number of carbonyl (C=O) groups is 1. The van der Waals surface area contributed by atoms with E-state index in [1.807, 2.05) is 18.7 Å². The summed E-state index contributed by atoms with van der Waals surface area (Å²) < 4.78 is 30.6. The number of nitrogen functional groups attached to an aromatic ring is 1. The van der Waals surface area contributed by atoms with Crippen LogP contribution in [0.1, 0.15) is 13.8 Å². The number of rotatable bonds is 11. The summed E-state index contributed by atoms with van der Waals surface area (Å²) in [4.78, 5) is 38.6. The molecule has 5 heterocycles. The van der Waals surface area contributed by atoms with Gasteiger partial charge in [0.2, 0.25) is 17.7 Å². The molecule has 244 valence electrons. The Morgan fingerprint density at radius 3 is 2.61 bits per heavy atom. The maximum atomic E-state index is 15.1. The number of aromatic nitrogens is 6.